The topological polar surface area (TPSA) is 62.7 Å². The van der Waals surface area contributed by atoms with Crippen LogP contribution in [0, 0.1) is 0 Å². The van der Waals surface area contributed by atoms with Gasteiger partial charge in [-0.15, -0.1) is 0 Å². The van der Waals surface area contributed by atoms with Gasteiger partial charge in [0.15, 0.2) is 17.2 Å². The molecule has 3 aromatic carbocycles. The lowest BCUT2D eigenvalue weighted by molar-refractivity contribution is -0.112. The van der Waals surface area contributed by atoms with Crippen LogP contribution in [0.4, 0.5) is 0 Å². The summed E-state index contributed by atoms with van der Waals surface area (Å²) in [6, 6.07) is 29.6. The van der Waals surface area contributed by atoms with Crippen LogP contribution in [0.3, 0.4) is 0 Å². The number of amidine groups is 1. The molecule has 0 bridgehead atoms. The molecule has 0 fully saturated rings. The maximum Gasteiger partial charge on any atom is 0.177 e. The van der Waals surface area contributed by atoms with E-state index in [9.17, 15) is 4.79 Å². The van der Waals surface area contributed by atoms with Crippen LogP contribution in [0.1, 0.15) is 32.6 Å². The minimum atomic E-state index is -0.806. The fraction of sp³-hybridized carbons (Fsp3) is 0.214. The number of aliphatic imine (C=N–C) groups is 1. The number of ether oxygens (including phenoxy) is 1. The monoisotopic (exact) mass is 505 g/mol. The SMILES string of the molecule is CCO[C@H](N=C(NNC(C)=CC(C)=O)SC)c1ccccc1P(c1ccccc1)c1ccccc1. The highest BCUT2D eigenvalue weighted by molar-refractivity contribution is 8.13. The number of nitrogens with one attached hydrogen (secondary N) is 2. The van der Waals surface area contributed by atoms with E-state index in [-0.39, 0.29) is 5.78 Å². The first-order valence-electron chi connectivity index (χ1n) is 11.5. The zero-order valence-electron chi connectivity index (χ0n) is 20.6. The van der Waals surface area contributed by atoms with Crippen LogP contribution in [0.15, 0.2) is 102 Å². The summed E-state index contributed by atoms with van der Waals surface area (Å²) in [6.07, 6.45) is 3.00. The third-order valence-electron chi connectivity index (χ3n) is 5.01. The highest BCUT2D eigenvalue weighted by Gasteiger charge is 2.23. The minimum Gasteiger partial charge on any atom is -0.352 e. The summed E-state index contributed by atoms with van der Waals surface area (Å²) in [5.74, 6) is -0.0178. The smallest absolute Gasteiger partial charge is 0.177 e. The molecular weight excluding hydrogens is 473 g/mol. The number of thioether (sulfide) groups is 1. The van der Waals surface area contributed by atoms with E-state index in [4.69, 9.17) is 9.73 Å². The third-order valence-corrected chi connectivity index (χ3v) is 8.12. The lowest BCUT2D eigenvalue weighted by atomic mass is 10.2. The van der Waals surface area contributed by atoms with Crippen LogP contribution in [-0.4, -0.2) is 23.8 Å². The molecule has 0 saturated heterocycles. The summed E-state index contributed by atoms with van der Waals surface area (Å²) in [6.45, 7) is 5.85. The van der Waals surface area contributed by atoms with E-state index in [1.807, 2.05) is 38.3 Å². The minimum absolute atomic E-state index is 0.0178. The third kappa shape index (κ3) is 7.79. The number of benzene rings is 3. The summed E-state index contributed by atoms with van der Waals surface area (Å²) in [5, 5.41) is 4.42. The summed E-state index contributed by atoms with van der Waals surface area (Å²) in [7, 11) is -0.806. The normalized spacial score (nSPS) is 12.9. The molecule has 2 N–H and O–H groups in total. The Balaban J connectivity index is 2.04. The van der Waals surface area contributed by atoms with Crippen molar-refractivity contribution >= 4 is 46.5 Å². The second-order valence-corrected chi connectivity index (χ2v) is 10.7. The summed E-state index contributed by atoms with van der Waals surface area (Å²) in [4.78, 5) is 16.3. The first-order valence-corrected chi connectivity index (χ1v) is 14.0. The predicted molar refractivity (Wildman–Crippen MR) is 151 cm³/mol. The first-order chi connectivity index (χ1) is 17.0. The fourth-order valence-electron chi connectivity index (χ4n) is 3.57. The Morgan fingerprint density at radius 1 is 0.943 bits per heavy atom. The van der Waals surface area contributed by atoms with E-state index in [0.29, 0.717) is 17.5 Å². The van der Waals surface area contributed by atoms with Gasteiger partial charge in [0.2, 0.25) is 0 Å². The van der Waals surface area contributed by atoms with Gasteiger partial charge in [-0.1, -0.05) is 96.7 Å². The van der Waals surface area contributed by atoms with Crippen LogP contribution >= 0.6 is 19.7 Å². The highest BCUT2D eigenvalue weighted by atomic mass is 32.2. The fourth-order valence-corrected chi connectivity index (χ4v) is 6.40. The van der Waals surface area contributed by atoms with Crippen LogP contribution in [0.25, 0.3) is 0 Å². The molecule has 0 saturated carbocycles. The molecule has 0 spiro atoms. The van der Waals surface area contributed by atoms with Crippen LogP contribution in [0.5, 0.6) is 0 Å². The van der Waals surface area contributed by atoms with E-state index < -0.39 is 14.1 Å². The molecule has 1 atom stereocenters. The quantitative estimate of drug-likeness (QED) is 0.136. The molecule has 0 radical (unpaired) electrons. The number of nitrogens with zero attached hydrogens (tertiary/aromatic N) is 1. The van der Waals surface area contributed by atoms with Gasteiger partial charge < -0.3 is 10.2 Å². The van der Waals surface area contributed by atoms with Gasteiger partial charge in [0.25, 0.3) is 0 Å². The van der Waals surface area contributed by atoms with Gasteiger partial charge >= 0.3 is 0 Å². The lowest BCUT2D eigenvalue weighted by Crippen LogP contribution is -2.35. The van der Waals surface area contributed by atoms with Gasteiger partial charge in [-0.05, 0) is 50.9 Å². The zero-order valence-corrected chi connectivity index (χ0v) is 22.3. The second kappa shape index (κ2) is 13.8. The average Bonchev–Trinajstić information content (AvgIpc) is 2.87. The molecule has 5 nitrogen and oxygen atoms in total. The second-order valence-electron chi connectivity index (χ2n) is 7.70. The Morgan fingerprint density at radius 3 is 2.06 bits per heavy atom. The number of rotatable bonds is 10. The molecule has 3 aromatic rings. The predicted octanol–water partition coefficient (Wildman–Crippen LogP) is 4.79. The molecule has 182 valence electrons. The van der Waals surface area contributed by atoms with Crippen LogP contribution in [-0.2, 0) is 9.53 Å². The number of allylic oxidation sites excluding steroid dienone is 2. The van der Waals surface area contributed by atoms with Crippen molar-refractivity contribution in [3.8, 4) is 0 Å². The van der Waals surface area contributed by atoms with Gasteiger partial charge in [-0.3, -0.25) is 10.2 Å². The Morgan fingerprint density at radius 2 is 1.51 bits per heavy atom. The summed E-state index contributed by atoms with van der Waals surface area (Å²) >= 11 is 1.48. The van der Waals surface area contributed by atoms with Gasteiger partial charge in [0.05, 0.1) is 0 Å². The molecule has 0 heterocycles. The number of hydrogen-bond donors (Lipinski definition) is 2. The largest absolute Gasteiger partial charge is 0.352 e. The van der Waals surface area contributed by atoms with Crippen molar-refractivity contribution < 1.29 is 9.53 Å². The molecule has 35 heavy (non-hydrogen) atoms. The zero-order chi connectivity index (χ0) is 25.0. The molecule has 0 aliphatic carbocycles. The Kier molecular flexibility index (Phi) is 10.5. The van der Waals surface area contributed by atoms with Crippen molar-refractivity contribution in [3.05, 3.63) is 102 Å². The highest BCUT2D eigenvalue weighted by Crippen LogP contribution is 2.36. The molecule has 0 aromatic heterocycles. The van der Waals surface area contributed by atoms with Crippen molar-refractivity contribution in [3.63, 3.8) is 0 Å². The maximum absolute atomic E-state index is 11.4. The standard InChI is InChI=1S/C28H32N3O2PS/c1-5-33-27(29-28(35-4)31-30-21(2)20-22(3)32)25-18-12-13-19-26(25)34(23-14-8-6-9-15-23)24-16-10-7-11-17-24/h6-20,27,30H,5H2,1-4H3,(H,29,31)/t27-/m0/s1. The average molecular weight is 506 g/mol. The van der Waals surface area contributed by atoms with E-state index in [2.05, 4.69) is 77.6 Å². The van der Waals surface area contributed by atoms with Crippen LogP contribution in [0.2, 0.25) is 0 Å². The molecule has 3 rings (SSSR count). The van der Waals surface area contributed by atoms with E-state index in [0.717, 1.165) is 5.56 Å². The first kappa shape index (κ1) is 26.7. The maximum atomic E-state index is 11.4. The number of ketones is 1. The summed E-state index contributed by atoms with van der Waals surface area (Å²) in [5.41, 5.74) is 7.90. The Hall–Kier alpha value is -2.92. The number of hydrazine groups is 1. The van der Waals surface area contributed by atoms with Gasteiger partial charge in [-0.25, -0.2) is 4.99 Å². The van der Waals surface area contributed by atoms with E-state index in [1.165, 1.54) is 40.7 Å². The van der Waals surface area contributed by atoms with Crippen molar-refractivity contribution in [1.82, 2.24) is 10.9 Å². The van der Waals surface area contributed by atoms with Crippen molar-refractivity contribution in [2.24, 2.45) is 4.99 Å². The molecule has 0 unspecified atom stereocenters. The molecule has 0 aliphatic heterocycles. The molecule has 0 amide bonds. The van der Waals surface area contributed by atoms with Crippen molar-refractivity contribution in [2.75, 3.05) is 12.9 Å². The van der Waals surface area contributed by atoms with Crippen molar-refractivity contribution in [2.45, 2.75) is 27.0 Å². The van der Waals surface area contributed by atoms with E-state index >= 15 is 0 Å². The van der Waals surface area contributed by atoms with Crippen LogP contribution < -0.4 is 26.8 Å². The van der Waals surface area contributed by atoms with Gasteiger partial charge in [-0.2, -0.15) is 0 Å². The van der Waals surface area contributed by atoms with Gasteiger partial charge in [0, 0.05) is 23.9 Å². The molecule has 7 heteroatoms. The van der Waals surface area contributed by atoms with E-state index in [1.54, 1.807) is 0 Å². The lowest BCUT2D eigenvalue weighted by Gasteiger charge is -2.25. The number of carbonyl (C=O) groups excluding carboxylic acids is 1. The summed E-state index contributed by atoms with van der Waals surface area (Å²) < 4.78 is 6.17. The van der Waals surface area contributed by atoms with Gasteiger partial charge in [0.1, 0.15) is 0 Å². The molecular formula is C28H32N3O2PS. The molecule has 0 aliphatic rings. The number of carbonyl (C=O) groups is 1. The Bertz CT molecular complexity index is 1110. The Labute approximate surface area is 213 Å². The number of hydrogen-bond acceptors (Lipinski definition) is 5. The van der Waals surface area contributed by atoms with Crippen molar-refractivity contribution in [1.29, 1.82) is 0 Å².